The summed E-state index contributed by atoms with van der Waals surface area (Å²) >= 11 is 0. The van der Waals surface area contributed by atoms with Gasteiger partial charge in [-0.3, -0.25) is 4.79 Å². The van der Waals surface area contributed by atoms with E-state index < -0.39 is 10.0 Å². The monoisotopic (exact) mass is 370 g/mol. The van der Waals surface area contributed by atoms with Crippen LogP contribution < -0.4 is 14.8 Å². The number of hydrogen-bond acceptors (Lipinski definition) is 5. The highest BCUT2D eigenvalue weighted by atomic mass is 32.2. The van der Waals surface area contributed by atoms with Crippen LogP contribution in [0.4, 0.5) is 0 Å². The van der Waals surface area contributed by atoms with Crippen LogP contribution in [0.25, 0.3) is 0 Å². The van der Waals surface area contributed by atoms with Crippen molar-refractivity contribution in [3.05, 3.63) is 24.3 Å². The zero-order valence-electron chi connectivity index (χ0n) is 14.6. The number of hydrogen-bond donors (Lipinski definition) is 1. The van der Waals surface area contributed by atoms with Crippen LogP contribution in [0.1, 0.15) is 25.7 Å². The molecule has 8 heteroatoms. The summed E-state index contributed by atoms with van der Waals surface area (Å²) in [5.74, 6) is 1.01. The molecule has 7 nitrogen and oxygen atoms in total. The number of sulfonamides is 1. The molecule has 1 N–H and O–H groups in total. The highest BCUT2D eigenvalue weighted by Crippen LogP contribution is 2.16. The number of nitrogens with zero attached hydrogens (tertiary/aromatic N) is 1. The standard InChI is InChI=1S/C17H26N2O5S/c1-23-15-5-7-16(8-6-15)24-13-10-18-17(20)9-14-25(21,22)19-11-3-2-4-12-19/h5-8H,2-4,9-14H2,1H3,(H,18,20). The molecule has 0 bridgehead atoms. The van der Waals surface area contributed by atoms with Crippen LogP contribution in [0, 0.1) is 0 Å². The average Bonchev–Trinajstić information content (AvgIpc) is 2.65. The maximum absolute atomic E-state index is 12.2. The van der Waals surface area contributed by atoms with Crippen LogP contribution in [0.2, 0.25) is 0 Å². The van der Waals surface area contributed by atoms with E-state index in [9.17, 15) is 13.2 Å². The molecule has 0 atom stereocenters. The van der Waals surface area contributed by atoms with Crippen molar-refractivity contribution in [1.82, 2.24) is 9.62 Å². The van der Waals surface area contributed by atoms with Crippen molar-refractivity contribution in [2.24, 2.45) is 0 Å². The molecule has 0 spiro atoms. The molecule has 1 aromatic rings. The van der Waals surface area contributed by atoms with Crippen molar-refractivity contribution in [3.63, 3.8) is 0 Å². The smallest absolute Gasteiger partial charge is 0.221 e. The van der Waals surface area contributed by atoms with Gasteiger partial charge >= 0.3 is 0 Å². The Labute approximate surface area is 149 Å². The van der Waals surface area contributed by atoms with Crippen molar-refractivity contribution >= 4 is 15.9 Å². The number of nitrogens with one attached hydrogen (secondary N) is 1. The molecule has 1 aromatic carbocycles. The highest BCUT2D eigenvalue weighted by Gasteiger charge is 2.24. The van der Waals surface area contributed by atoms with Gasteiger partial charge in [-0.15, -0.1) is 0 Å². The van der Waals surface area contributed by atoms with Gasteiger partial charge in [-0.25, -0.2) is 12.7 Å². The Morgan fingerprint density at radius 3 is 2.40 bits per heavy atom. The molecule has 1 aliphatic rings. The van der Waals surface area contributed by atoms with Gasteiger partial charge in [0.15, 0.2) is 0 Å². The lowest BCUT2D eigenvalue weighted by Crippen LogP contribution is -2.38. The molecule has 1 aliphatic heterocycles. The van der Waals surface area contributed by atoms with Crippen molar-refractivity contribution in [2.75, 3.05) is 39.1 Å². The summed E-state index contributed by atoms with van der Waals surface area (Å²) in [7, 11) is -1.74. The Morgan fingerprint density at radius 1 is 1.12 bits per heavy atom. The molecule has 25 heavy (non-hydrogen) atoms. The van der Waals surface area contributed by atoms with Gasteiger partial charge in [0.25, 0.3) is 0 Å². The molecule has 140 valence electrons. The minimum absolute atomic E-state index is 0.0264. The summed E-state index contributed by atoms with van der Waals surface area (Å²) in [5.41, 5.74) is 0. The van der Waals surface area contributed by atoms with Crippen LogP contribution in [0.3, 0.4) is 0 Å². The van der Waals surface area contributed by atoms with Crippen LogP contribution in [0.5, 0.6) is 11.5 Å². The number of amides is 1. The molecule has 1 amide bonds. The van der Waals surface area contributed by atoms with E-state index in [-0.39, 0.29) is 18.1 Å². The van der Waals surface area contributed by atoms with Gasteiger partial charge in [-0.1, -0.05) is 6.42 Å². The Bertz CT molecular complexity index is 640. The molecule has 1 saturated heterocycles. The van der Waals surface area contributed by atoms with Crippen LogP contribution >= 0.6 is 0 Å². The van der Waals surface area contributed by atoms with E-state index in [0.717, 1.165) is 25.0 Å². The second-order valence-electron chi connectivity index (χ2n) is 5.90. The normalized spacial score (nSPS) is 15.6. The third-order valence-electron chi connectivity index (χ3n) is 4.05. The third kappa shape index (κ3) is 6.55. The fraction of sp³-hybridized carbons (Fsp3) is 0.588. The number of methoxy groups -OCH3 is 1. The predicted molar refractivity (Wildman–Crippen MR) is 95.3 cm³/mol. The van der Waals surface area contributed by atoms with E-state index in [2.05, 4.69) is 5.32 Å². The molecular formula is C17H26N2O5S. The van der Waals surface area contributed by atoms with E-state index in [1.165, 1.54) is 4.31 Å². The van der Waals surface area contributed by atoms with Gasteiger partial charge in [0.2, 0.25) is 15.9 Å². The zero-order chi connectivity index (χ0) is 18.1. The summed E-state index contributed by atoms with van der Waals surface area (Å²) in [4.78, 5) is 11.8. The fourth-order valence-electron chi connectivity index (χ4n) is 2.61. The van der Waals surface area contributed by atoms with Crippen molar-refractivity contribution < 1.29 is 22.7 Å². The van der Waals surface area contributed by atoms with Gasteiger partial charge in [0, 0.05) is 19.5 Å². The number of carbonyl (C=O) groups is 1. The number of benzene rings is 1. The lowest BCUT2D eigenvalue weighted by atomic mass is 10.2. The lowest BCUT2D eigenvalue weighted by Gasteiger charge is -2.25. The Hall–Kier alpha value is -1.80. The van der Waals surface area contributed by atoms with E-state index >= 15 is 0 Å². The predicted octanol–water partition coefficient (Wildman–Crippen LogP) is 1.40. The first-order valence-electron chi connectivity index (χ1n) is 8.52. The van der Waals surface area contributed by atoms with Crippen LogP contribution in [0.15, 0.2) is 24.3 Å². The van der Waals surface area contributed by atoms with Gasteiger partial charge in [-0.2, -0.15) is 0 Å². The number of rotatable bonds is 9. The van der Waals surface area contributed by atoms with E-state index in [1.807, 2.05) is 0 Å². The molecule has 0 unspecified atom stereocenters. The van der Waals surface area contributed by atoms with Gasteiger partial charge in [0.1, 0.15) is 18.1 Å². The topological polar surface area (TPSA) is 84.9 Å². The van der Waals surface area contributed by atoms with Crippen molar-refractivity contribution in [3.8, 4) is 11.5 Å². The minimum atomic E-state index is -3.33. The third-order valence-corrected chi connectivity index (χ3v) is 5.92. The number of piperidine rings is 1. The molecule has 2 rings (SSSR count). The molecule has 1 fully saturated rings. The van der Waals surface area contributed by atoms with E-state index in [1.54, 1.807) is 31.4 Å². The summed E-state index contributed by atoms with van der Waals surface area (Å²) in [6.45, 7) is 1.78. The SMILES string of the molecule is COc1ccc(OCCNC(=O)CCS(=O)(=O)N2CCCCC2)cc1. The molecule has 0 radical (unpaired) electrons. The highest BCUT2D eigenvalue weighted by molar-refractivity contribution is 7.89. The number of carbonyl (C=O) groups excluding carboxylic acids is 1. The summed E-state index contributed by atoms with van der Waals surface area (Å²) < 4.78 is 36.4. The van der Waals surface area contributed by atoms with Gasteiger partial charge in [0.05, 0.1) is 19.4 Å². The van der Waals surface area contributed by atoms with Gasteiger partial charge in [-0.05, 0) is 37.1 Å². The quantitative estimate of drug-likeness (QED) is 0.664. The first-order chi connectivity index (χ1) is 12.0. The Balaban J connectivity index is 1.63. The summed E-state index contributed by atoms with van der Waals surface area (Å²) in [6.07, 6.45) is 2.84. The molecule has 0 aliphatic carbocycles. The minimum Gasteiger partial charge on any atom is -0.497 e. The fourth-order valence-corrected chi connectivity index (χ4v) is 4.13. The molecule has 0 aromatic heterocycles. The summed E-state index contributed by atoms with van der Waals surface area (Å²) in [6, 6.07) is 7.15. The first-order valence-corrected chi connectivity index (χ1v) is 10.1. The van der Waals surface area contributed by atoms with Crippen LogP contribution in [-0.2, 0) is 14.8 Å². The average molecular weight is 370 g/mol. The van der Waals surface area contributed by atoms with Crippen LogP contribution in [-0.4, -0.2) is 57.7 Å². The number of ether oxygens (including phenoxy) is 2. The molecule has 1 heterocycles. The maximum Gasteiger partial charge on any atom is 0.221 e. The van der Waals surface area contributed by atoms with E-state index in [0.29, 0.717) is 32.0 Å². The van der Waals surface area contributed by atoms with Crippen molar-refractivity contribution in [1.29, 1.82) is 0 Å². The molecular weight excluding hydrogens is 344 g/mol. The largest absolute Gasteiger partial charge is 0.497 e. The zero-order valence-corrected chi connectivity index (χ0v) is 15.4. The summed E-state index contributed by atoms with van der Waals surface area (Å²) in [5, 5.41) is 2.68. The Morgan fingerprint density at radius 2 is 1.76 bits per heavy atom. The second-order valence-corrected chi connectivity index (χ2v) is 7.99. The van der Waals surface area contributed by atoms with E-state index in [4.69, 9.17) is 9.47 Å². The first kappa shape index (κ1) is 19.5. The Kier molecular flexibility index (Phi) is 7.52. The molecule has 0 saturated carbocycles. The lowest BCUT2D eigenvalue weighted by molar-refractivity contribution is -0.120. The second kappa shape index (κ2) is 9.62. The maximum atomic E-state index is 12.2. The van der Waals surface area contributed by atoms with Gasteiger partial charge < -0.3 is 14.8 Å². The van der Waals surface area contributed by atoms with Crippen molar-refractivity contribution in [2.45, 2.75) is 25.7 Å².